The number of carbonyl (C=O) groups excluding carboxylic acids is 2. The molecule has 0 radical (unpaired) electrons. The van der Waals surface area contributed by atoms with Crippen LogP contribution < -0.4 is 0 Å². The minimum absolute atomic E-state index is 0.0211. The summed E-state index contributed by atoms with van der Waals surface area (Å²) in [6.07, 6.45) is 4.30. The van der Waals surface area contributed by atoms with E-state index in [1.165, 1.54) is 25.1 Å². The molecule has 0 bridgehead atoms. The summed E-state index contributed by atoms with van der Waals surface area (Å²) in [5, 5.41) is 0. The van der Waals surface area contributed by atoms with Gasteiger partial charge in [-0.1, -0.05) is 38.0 Å². The molecule has 1 amide bonds. The molecule has 2 aromatic rings. The largest absolute Gasteiger partial charge is 0.464 e. The number of hydrogen-bond acceptors (Lipinski definition) is 6. The van der Waals surface area contributed by atoms with Crippen molar-refractivity contribution in [3.8, 4) is 0 Å². The summed E-state index contributed by atoms with van der Waals surface area (Å²) in [4.78, 5) is 31.0. The summed E-state index contributed by atoms with van der Waals surface area (Å²) in [7, 11) is 1.29. The van der Waals surface area contributed by atoms with Crippen molar-refractivity contribution in [2.24, 2.45) is 0 Å². The summed E-state index contributed by atoms with van der Waals surface area (Å²) in [5.74, 6) is 0.150. The Bertz CT molecular complexity index is 703. The zero-order valence-corrected chi connectivity index (χ0v) is 16.0. The maximum atomic E-state index is 12.7. The Balaban J connectivity index is 1.98. The van der Waals surface area contributed by atoms with Gasteiger partial charge in [0.1, 0.15) is 6.26 Å². The van der Waals surface area contributed by atoms with Crippen molar-refractivity contribution >= 4 is 23.6 Å². The summed E-state index contributed by atoms with van der Waals surface area (Å²) >= 11 is 1.50. The minimum atomic E-state index is -0.552. The standard InChI is InChI=1S/C19H24N2O4S/c1-3-4-8-11-21(12-17-20-16(13-25-17)19(23)24-2)18(22)14-26-15-9-6-5-7-10-15/h5-7,9-10,13H,3-4,8,11-12,14H2,1-2H3. The molecule has 0 fully saturated rings. The number of rotatable bonds is 10. The molecule has 1 aromatic heterocycles. The Labute approximate surface area is 157 Å². The van der Waals surface area contributed by atoms with Crippen LogP contribution >= 0.6 is 11.8 Å². The molecule has 140 valence electrons. The lowest BCUT2D eigenvalue weighted by molar-refractivity contribution is -0.129. The van der Waals surface area contributed by atoms with Crippen LogP contribution in [0.25, 0.3) is 0 Å². The topological polar surface area (TPSA) is 72.6 Å². The summed E-state index contributed by atoms with van der Waals surface area (Å²) in [5.41, 5.74) is 0.113. The van der Waals surface area contributed by atoms with E-state index in [9.17, 15) is 9.59 Å². The maximum Gasteiger partial charge on any atom is 0.360 e. The summed E-state index contributed by atoms with van der Waals surface area (Å²) in [6, 6.07) is 9.82. The van der Waals surface area contributed by atoms with Crippen molar-refractivity contribution in [1.82, 2.24) is 9.88 Å². The van der Waals surface area contributed by atoms with Crippen molar-refractivity contribution in [2.75, 3.05) is 19.4 Å². The number of thioether (sulfide) groups is 1. The SMILES string of the molecule is CCCCCN(Cc1nc(C(=O)OC)co1)C(=O)CSc1ccccc1. The van der Waals surface area contributed by atoms with Gasteiger partial charge >= 0.3 is 5.97 Å². The van der Waals surface area contributed by atoms with Crippen LogP contribution in [-0.4, -0.2) is 41.2 Å². The van der Waals surface area contributed by atoms with E-state index in [0.717, 1.165) is 24.2 Å². The summed E-state index contributed by atoms with van der Waals surface area (Å²) in [6.45, 7) is 3.00. The zero-order chi connectivity index (χ0) is 18.8. The van der Waals surface area contributed by atoms with Crippen LogP contribution in [0.1, 0.15) is 42.6 Å². The van der Waals surface area contributed by atoms with Gasteiger partial charge in [0.2, 0.25) is 11.8 Å². The zero-order valence-electron chi connectivity index (χ0n) is 15.1. The highest BCUT2D eigenvalue weighted by molar-refractivity contribution is 8.00. The van der Waals surface area contributed by atoms with Crippen LogP contribution in [-0.2, 0) is 16.1 Å². The molecule has 6 nitrogen and oxygen atoms in total. The van der Waals surface area contributed by atoms with Crippen molar-refractivity contribution in [3.05, 3.63) is 48.2 Å². The van der Waals surface area contributed by atoms with Crippen molar-refractivity contribution < 1.29 is 18.7 Å². The van der Waals surface area contributed by atoms with Crippen LogP contribution in [0.4, 0.5) is 0 Å². The van der Waals surface area contributed by atoms with Gasteiger partial charge in [-0.05, 0) is 18.6 Å². The maximum absolute atomic E-state index is 12.7. The van der Waals surface area contributed by atoms with Gasteiger partial charge in [0.25, 0.3) is 0 Å². The molecule has 0 spiro atoms. The van der Waals surface area contributed by atoms with E-state index in [0.29, 0.717) is 18.2 Å². The number of nitrogens with zero attached hydrogens (tertiary/aromatic N) is 2. The van der Waals surface area contributed by atoms with Gasteiger partial charge in [-0.25, -0.2) is 9.78 Å². The highest BCUT2D eigenvalue weighted by Gasteiger charge is 2.19. The predicted octanol–water partition coefficient (Wildman–Crippen LogP) is 3.77. The molecule has 1 aromatic carbocycles. The van der Waals surface area contributed by atoms with Crippen molar-refractivity contribution in [2.45, 2.75) is 37.6 Å². The molecule has 0 aliphatic rings. The Kier molecular flexibility index (Phi) is 8.21. The van der Waals surface area contributed by atoms with Crippen LogP contribution in [0.3, 0.4) is 0 Å². The number of methoxy groups -OCH3 is 1. The molecule has 0 N–H and O–H groups in total. The molecule has 0 atom stereocenters. The van der Waals surface area contributed by atoms with Gasteiger partial charge in [0.15, 0.2) is 5.69 Å². The van der Waals surface area contributed by atoms with E-state index in [-0.39, 0.29) is 18.1 Å². The molecule has 0 saturated carbocycles. The van der Waals surface area contributed by atoms with Gasteiger partial charge in [0, 0.05) is 11.4 Å². The number of unbranched alkanes of at least 4 members (excludes halogenated alkanes) is 2. The van der Waals surface area contributed by atoms with Gasteiger partial charge < -0.3 is 14.1 Å². The first-order chi connectivity index (χ1) is 12.6. The molecular weight excluding hydrogens is 352 g/mol. The Morgan fingerprint density at radius 1 is 1.23 bits per heavy atom. The summed E-state index contributed by atoms with van der Waals surface area (Å²) < 4.78 is 9.95. The normalized spacial score (nSPS) is 10.5. The number of esters is 1. The Morgan fingerprint density at radius 2 is 2.00 bits per heavy atom. The number of carbonyl (C=O) groups is 2. The first kappa shape index (κ1) is 20.0. The molecule has 0 aliphatic heterocycles. The lowest BCUT2D eigenvalue weighted by atomic mass is 10.2. The Morgan fingerprint density at radius 3 is 2.69 bits per heavy atom. The van der Waals surface area contributed by atoms with Gasteiger partial charge in [-0.3, -0.25) is 4.79 Å². The van der Waals surface area contributed by atoms with E-state index < -0.39 is 5.97 Å². The fraction of sp³-hybridized carbons (Fsp3) is 0.421. The third kappa shape index (κ3) is 6.22. The second-order valence-electron chi connectivity index (χ2n) is 5.74. The smallest absolute Gasteiger partial charge is 0.360 e. The number of oxazole rings is 1. The molecular formula is C19H24N2O4S. The van der Waals surface area contributed by atoms with Gasteiger partial charge in [-0.15, -0.1) is 11.8 Å². The third-order valence-corrected chi connectivity index (χ3v) is 4.76. The van der Waals surface area contributed by atoms with Crippen LogP contribution in [0, 0.1) is 0 Å². The minimum Gasteiger partial charge on any atom is -0.464 e. The van der Waals surface area contributed by atoms with Crippen LogP contribution in [0.5, 0.6) is 0 Å². The molecule has 0 saturated heterocycles. The van der Waals surface area contributed by atoms with E-state index in [2.05, 4.69) is 16.6 Å². The molecule has 1 heterocycles. The average molecular weight is 376 g/mol. The molecule has 26 heavy (non-hydrogen) atoms. The highest BCUT2D eigenvalue weighted by Crippen LogP contribution is 2.18. The molecule has 7 heteroatoms. The fourth-order valence-corrected chi connectivity index (χ4v) is 3.17. The highest BCUT2D eigenvalue weighted by atomic mass is 32.2. The average Bonchev–Trinajstić information content (AvgIpc) is 3.14. The lowest BCUT2D eigenvalue weighted by Gasteiger charge is -2.21. The second-order valence-corrected chi connectivity index (χ2v) is 6.79. The number of aromatic nitrogens is 1. The first-order valence-electron chi connectivity index (χ1n) is 8.62. The van der Waals surface area contributed by atoms with Crippen LogP contribution in [0.15, 0.2) is 45.9 Å². The number of amides is 1. The monoisotopic (exact) mass is 376 g/mol. The first-order valence-corrected chi connectivity index (χ1v) is 9.61. The molecule has 0 aliphatic carbocycles. The predicted molar refractivity (Wildman–Crippen MR) is 100.0 cm³/mol. The molecule has 0 unspecified atom stereocenters. The number of benzene rings is 1. The lowest BCUT2D eigenvalue weighted by Crippen LogP contribution is -2.33. The fourth-order valence-electron chi connectivity index (χ4n) is 2.34. The second kappa shape index (κ2) is 10.7. The van der Waals surface area contributed by atoms with Crippen molar-refractivity contribution in [3.63, 3.8) is 0 Å². The van der Waals surface area contributed by atoms with Crippen molar-refractivity contribution in [1.29, 1.82) is 0 Å². The van der Waals surface area contributed by atoms with Gasteiger partial charge in [0.05, 0.1) is 19.4 Å². The molecule has 2 rings (SSSR count). The van der Waals surface area contributed by atoms with Crippen LogP contribution in [0.2, 0.25) is 0 Å². The van der Waals surface area contributed by atoms with Gasteiger partial charge in [-0.2, -0.15) is 0 Å². The number of hydrogen-bond donors (Lipinski definition) is 0. The Hall–Kier alpha value is -2.28. The van der Waals surface area contributed by atoms with E-state index in [4.69, 9.17) is 4.42 Å². The van der Waals surface area contributed by atoms with E-state index >= 15 is 0 Å². The quantitative estimate of drug-likeness (QED) is 0.357. The van der Waals surface area contributed by atoms with E-state index in [1.807, 2.05) is 30.3 Å². The van der Waals surface area contributed by atoms with E-state index in [1.54, 1.807) is 4.90 Å². The number of ether oxygens (including phenoxy) is 1. The third-order valence-electron chi connectivity index (χ3n) is 3.76.